The summed E-state index contributed by atoms with van der Waals surface area (Å²) in [5.74, 6) is -0.159. The van der Waals surface area contributed by atoms with Crippen molar-refractivity contribution in [3.8, 4) is 11.1 Å². The molecule has 0 N–H and O–H groups in total. The highest BCUT2D eigenvalue weighted by molar-refractivity contribution is 5.63. The SMILES string of the molecule is F/C=C/CCCCCC[C@H]1CC[C@H](c2ccc(-c3ccc(F)c(F)c3)cc2)CC1. The molecule has 156 valence electrons. The Hall–Kier alpha value is -2.03. The minimum atomic E-state index is -0.809. The Balaban J connectivity index is 1.42. The maximum Gasteiger partial charge on any atom is 0.159 e. The Kier molecular flexibility index (Phi) is 8.39. The number of hydrogen-bond acceptors (Lipinski definition) is 0. The van der Waals surface area contributed by atoms with Gasteiger partial charge in [0.05, 0.1) is 6.33 Å². The molecule has 0 aromatic heterocycles. The fourth-order valence-electron chi connectivity index (χ4n) is 4.52. The molecule has 0 bridgehead atoms. The van der Waals surface area contributed by atoms with E-state index in [-0.39, 0.29) is 0 Å². The predicted octanol–water partition coefficient (Wildman–Crippen LogP) is 8.73. The van der Waals surface area contributed by atoms with E-state index in [0.717, 1.165) is 24.3 Å². The number of benzene rings is 2. The summed E-state index contributed by atoms with van der Waals surface area (Å²) in [5.41, 5.74) is 2.99. The molecule has 1 aliphatic rings. The molecule has 0 radical (unpaired) electrons. The van der Waals surface area contributed by atoms with Gasteiger partial charge in [0, 0.05) is 0 Å². The first-order valence-electron chi connectivity index (χ1n) is 11.0. The second-order valence-electron chi connectivity index (χ2n) is 8.32. The molecule has 2 aromatic carbocycles. The Morgan fingerprint density at radius 3 is 2.14 bits per heavy atom. The number of unbranched alkanes of at least 4 members (excludes halogenated alkanes) is 4. The summed E-state index contributed by atoms with van der Waals surface area (Å²) in [6, 6.07) is 12.4. The quantitative estimate of drug-likeness (QED) is 0.369. The van der Waals surface area contributed by atoms with Gasteiger partial charge in [-0.25, -0.2) is 13.2 Å². The lowest BCUT2D eigenvalue weighted by Gasteiger charge is -2.29. The first-order chi connectivity index (χ1) is 14.2. The van der Waals surface area contributed by atoms with E-state index < -0.39 is 11.6 Å². The summed E-state index contributed by atoms with van der Waals surface area (Å²) >= 11 is 0. The summed E-state index contributed by atoms with van der Waals surface area (Å²) in [6.07, 6.45) is 14.3. The molecule has 0 spiro atoms. The third kappa shape index (κ3) is 6.48. The van der Waals surface area contributed by atoms with Crippen LogP contribution in [0.4, 0.5) is 13.2 Å². The first kappa shape index (κ1) is 21.7. The summed E-state index contributed by atoms with van der Waals surface area (Å²) in [5, 5.41) is 0. The lowest BCUT2D eigenvalue weighted by molar-refractivity contribution is 0.302. The van der Waals surface area contributed by atoms with Gasteiger partial charge in [0.25, 0.3) is 0 Å². The highest BCUT2D eigenvalue weighted by atomic mass is 19.2. The third-order valence-corrected chi connectivity index (χ3v) is 6.30. The van der Waals surface area contributed by atoms with Crippen LogP contribution in [0.15, 0.2) is 54.9 Å². The third-order valence-electron chi connectivity index (χ3n) is 6.30. The van der Waals surface area contributed by atoms with Gasteiger partial charge in [-0.3, -0.25) is 0 Å². The van der Waals surface area contributed by atoms with Crippen LogP contribution in [0.2, 0.25) is 0 Å². The van der Waals surface area contributed by atoms with Gasteiger partial charge in [0.1, 0.15) is 0 Å². The van der Waals surface area contributed by atoms with Crippen molar-refractivity contribution in [3.05, 3.63) is 72.1 Å². The highest BCUT2D eigenvalue weighted by Gasteiger charge is 2.22. The largest absolute Gasteiger partial charge is 0.216 e. The molecule has 1 fully saturated rings. The molecule has 3 heteroatoms. The maximum absolute atomic E-state index is 13.5. The van der Waals surface area contributed by atoms with E-state index in [0.29, 0.717) is 17.8 Å². The van der Waals surface area contributed by atoms with Gasteiger partial charge in [-0.15, -0.1) is 0 Å². The van der Waals surface area contributed by atoms with Crippen molar-refractivity contribution in [1.29, 1.82) is 0 Å². The zero-order valence-corrected chi connectivity index (χ0v) is 17.1. The number of allylic oxidation sites excluding steroid dienone is 1. The topological polar surface area (TPSA) is 0 Å². The molecule has 2 aromatic rings. The smallest absolute Gasteiger partial charge is 0.159 e. The fourth-order valence-corrected chi connectivity index (χ4v) is 4.52. The van der Waals surface area contributed by atoms with Crippen molar-refractivity contribution in [1.82, 2.24) is 0 Å². The molecule has 0 unspecified atom stereocenters. The zero-order valence-electron chi connectivity index (χ0n) is 17.1. The summed E-state index contributed by atoms with van der Waals surface area (Å²) in [6.45, 7) is 0. The summed E-state index contributed by atoms with van der Waals surface area (Å²) in [7, 11) is 0. The van der Waals surface area contributed by atoms with E-state index in [1.165, 1.54) is 69.1 Å². The fraction of sp³-hybridized carbons (Fsp3) is 0.462. The van der Waals surface area contributed by atoms with Gasteiger partial charge in [-0.05, 0) is 79.2 Å². The van der Waals surface area contributed by atoms with Crippen molar-refractivity contribution in [2.75, 3.05) is 0 Å². The second kappa shape index (κ2) is 11.2. The van der Waals surface area contributed by atoms with Crippen LogP contribution in [0, 0.1) is 17.6 Å². The first-order valence-corrected chi connectivity index (χ1v) is 11.0. The van der Waals surface area contributed by atoms with Crippen molar-refractivity contribution < 1.29 is 13.2 Å². The molecule has 0 heterocycles. The summed E-state index contributed by atoms with van der Waals surface area (Å²) in [4.78, 5) is 0. The van der Waals surface area contributed by atoms with Crippen molar-refractivity contribution in [2.24, 2.45) is 5.92 Å². The molecule has 0 saturated heterocycles. The minimum Gasteiger partial charge on any atom is -0.216 e. The molecule has 0 amide bonds. The molecule has 3 rings (SSSR count). The van der Waals surface area contributed by atoms with E-state index in [1.54, 1.807) is 12.1 Å². The average Bonchev–Trinajstić information content (AvgIpc) is 2.76. The van der Waals surface area contributed by atoms with Gasteiger partial charge in [-0.2, -0.15) is 0 Å². The normalized spacial score (nSPS) is 19.7. The molecule has 1 aliphatic carbocycles. The van der Waals surface area contributed by atoms with E-state index in [2.05, 4.69) is 12.1 Å². The van der Waals surface area contributed by atoms with Gasteiger partial charge in [0.15, 0.2) is 11.6 Å². The van der Waals surface area contributed by atoms with E-state index in [9.17, 15) is 13.2 Å². The van der Waals surface area contributed by atoms with Crippen molar-refractivity contribution in [2.45, 2.75) is 70.1 Å². The standard InChI is InChI=1S/C26H31F3/c27-18-6-4-2-1-3-5-7-20-8-10-21(11-9-20)22-12-14-23(15-13-22)24-16-17-25(28)26(29)19-24/h6,12-21H,1-5,7-11H2/b18-6+/t20-,21-. The lowest BCUT2D eigenvalue weighted by atomic mass is 9.77. The Morgan fingerprint density at radius 1 is 0.759 bits per heavy atom. The van der Waals surface area contributed by atoms with Gasteiger partial charge >= 0.3 is 0 Å². The van der Waals surface area contributed by atoms with E-state index in [4.69, 9.17) is 0 Å². The van der Waals surface area contributed by atoms with Crippen LogP contribution in [0.1, 0.15) is 75.7 Å². The van der Waals surface area contributed by atoms with E-state index in [1.807, 2.05) is 12.1 Å². The zero-order chi connectivity index (χ0) is 20.5. The Labute approximate surface area is 172 Å². The summed E-state index contributed by atoms with van der Waals surface area (Å²) < 4.78 is 38.5. The van der Waals surface area contributed by atoms with Crippen LogP contribution >= 0.6 is 0 Å². The van der Waals surface area contributed by atoms with E-state index >= 15 is 0 Å². The average molecular weight is 401 g/mol. The molecule has 0 aliphatic heterocycles. The lowest BCUT2D eigenvalue weighted by Crippen LogP contribution is -2.13. The predicted molar refractivity (Wildman–Crippen MR) is 114 cm³/mol. The second-order valence-corrected chi connectivity index (χ2v) is 8.32. The van der Waals surface area contributed by atoms with Crippen LogP contribution in [0.25, 0.3) is 11.1 Å². The van der Waals surface area contributed by atoms with Gasteiger partial charge in [-0.1, -0.05) is 62.1 Å². The van der Waals surface area contributed by atoms with Crippen LogP contribution in [-0.2, 0) is 0 Å². The minimum absolute atomic E-state index is 0.609. The maximum atomic E-state index is 13.5. The molecule has 0 nitrogen and oxygen atoms in total. The number of halogens is 3. The van der Waals surface area contributed by atoms with Crippen LogP contribution < -0.4 is 0 Å². The highest BCUT2D eigenvalue weighted by Crippen LogP contribution is 2.38. The van der Waals surface area contributed by atoms with Gasteiger partial charge < -0.3 is 0 Å². The van der Waals surface area contributed by atoms with Gasteiger partial charge in [0.2, 0.25) is 0 Å². The van der Waals surface area contributed by atoms with Crippen molar-refractivity contribution >= 4 is 0 Å². The van der Waals surface area contributed by atoms with Crippen LogP contribution in [0.3, 0.4) is 0 Å². The number of rotatable bonds is 9. The molecular weight excluding hydrogens is 369 g/mol. The molecular formula is C26H31F3. The van der Waals surface area contributed by atoms with Crippen molar-refractivity contribution in [3.63, 3.8) is 0 Å². The molecule has 29 heavy (non-hydrogen) atoms. The molecule has 1 saturated carbocycles. The number of hydrogen-bond donors (Lipinski definition) is 0. The Bertz CT molecular complexity index is 771. The van der Waals surface area contributed by atoms with Crippen LogP contribution in [0.5, 0.6) is 0 Å². The Morgan fingerprint density at radius 2 is 1.45 bits per heavy atom. The van der Waals surface area contributed by atoms with Crippen LogP contribution in [-0.4, -0.2) is 0 Å². The monoisotopic (exact) mass is 400 g/mol. The molecule has 0 atom stereocenters.